The number of cyclic esters (lactones) is 1. The highest BCUT2D eigenvalue weighted by molar-refractivity contribution is 6.70. The van der Waals surface area contributed by atoms with E-state index in [4.69, 9.17) is 32.5 Å². The number of carbonyl (C=O) groups is 5. The summed E-state index contributed by atoms with van der Waals surface area (Å²) in [5, 5.41) is 12.1. The van der Waals surface area contributed by atoms with E-state index in [1.165, 1.54) is 12.0 Å². The fourth-order valence-corrected chi connectivity index (χ4v) is 13.5. The monoisotopic (exact) mass is 1060 g/mol. The van der Waals surface area contributed by atoms with Crippen LogP contribution in [0.2, 0.25) is 39.3 Å². The average Bonchev–Trinajstić information content (AvgIpc) is 3.32. The Morgan fingerprint density at radius 2 is 1.45 bits per heavy atom. The number of hydrogen-bond acceptors (Lipinski definition) is 13. The van der Waals surface area contributed by atoms with E-state index < -0.39 is 88.5 Å². The van der Waals surface area contributed by atoms with Crippen LogP contribution in [0.15, 0.2) is 47.6 Å². The Balaban J connectivity index is 1.76. The number of amides is 1. The van der Waals surface area contributed by atoms with E-state index >= 15 is 0 Å². The van der Waals surface area contributed by atoms with Crippen LogP contribution < -0.4 is 0 Å². The summed E-state index contributed by atoms with van der Waals surface area (Å²) in [7, 11) is 0.716. The molecule has 73 heavy (non-hydrogen) atoms. The molecule has 14 nitrogen and oxygen atoms in total. The number of allylic oxidation sites excluding steroid dienone is 6. The number of fused-ring (bicyclic) bond motifs is 3. The van der Waals surface area contributed by atoms with Gasteiger partial charge in [0.25, 0.3) is 11.7 Å². The first-order chi connectivity index (χ1) is 34.1. The first-order valence-corrected chi connectivity index (χ1v) is 34.1. The van der Waals surface area contributed by atoms with Gasteiger partial charge < -0.3 is 42.5 Å². The molecule has 1 N–H and O–H groups in total. The summed E-state index contributed by atoms with van der Waals surface area (Å²) in [4.78, 5) is 73.6. The second-order valence-corrected chi connectivity index (χ2v) is 32.9. The van der Waals surface area contributed by atoms with Gasteiger partial charge in [0.05, 0.1) is 30.5 Å². The maximum absolute atomic E-state index is 14.7. The normalized spacial score (nSPS) is 37.8. The van der Waals surface area contributed by atoms with Crippen molar-refractivity contribution in [1.29, 1.82) is 0 Å². The zero-order valence-electron chi connectivity index (χ0n) is 47.5. The molecule has 4 aliphatic rings. The molecule has 4 rings (SSSR count). The number of esters is 1. The van der Waals surface area contributed by atoms with Gasteiger partial charge in [0.1, 0.15) is 24.0 Å². The summed E-state index contributed by atoms with van der Waals surface area (Å²) in [5.74, 6) is -7.19. The van der Waals surface area contributed by atoms with Crippen LogP contribution in [-0.4, -0.2) is 138 Å². The molecular weight excluding hydrogens is 963 g/mol. The maximum atomic E-state index is 14.7. The second kappa shape index (κ2) is 27.9. The topological polar surface area (TPSA) is 173 Å². The summed E-state index contributed by atoms with van der Waals surface area (Å²) in [6.07, 6.45) is 14.3. The summed E-state index contributed by atoms with van der Waals surface area (Å²) < 4.78 is 43.8. The van der Waals surface area contributed by atoms with Gasteiger partial charge in [-0.25, -0.2) is 4.79 Å². The van der Waals surface area contributed by atoms with E-state index in [0.29, 0.717) is 50.5 Å². The highest BCUT2D eigenvalue weighted by Crippen LogP contribution is 2.39. The van der Waals surface area contributed by atoms with Gasteiger partial charge in [0, 0.05) is 58.5 Å². The maximum Gasteiger partial charge on any atom is 0.329 e. The zero-order chi connectivity index (χ0) is 54.6. The molecule has 14 unspecified atom stereocenters. The van der Waals surface area contributed by atoms with E-state index in [1.807, 2.05) is 65.0 Å². The lowest BCUT2D eigenvalue weighted by Gasteiger charge is -2.42. The Morgan fingerprint density at radius 1 is 0.767 bits per heavy atom. The van der Waals surface area contributed by atoms with Crippen LogP contribution in [0, 0.1) is 35.5 Å². The lowest BCUT2D eigenvalue weighted by molar-refractivity contribution is -0.265. The van der Waals surface area contributed by atoms with Crippen molar-refractivity contribution < 1.29 is 61.6 Å². The SMILES string of the molecule is COC1CC2CCC(C)C(O)(O2)C(=O)C(=O)N2CCCC[C@H]2C(=O)OC(C(C)CC2CCC(O[Si](C)(C)C)C(OC)C2)CC(=O)C(C)/C=C(\C)C(O[Si](C)(C)C)C(OC)C(=O)C(C)CC(C)/C=C/C=C/C=C/1C. The molecule has 414 valence electrons. The Bertz CT molecular complexity index is 1990. The van der Waals surface area contributed by atoms with Crippen molar-refractivity contribution in [2.75, 3.05) is 27.9 Å². The molecule has 3 heterocycles. The molecule has 3 aliphatic heterocycles. The van der Waals surface area contributed by atoms with Crippen LogP contribution in [0.25, 0.3) is 0 Å². The predicted molar refractivity (Wildman–Crippen MR) is 290 cm³/mol. The minimum absolute atomic E-state index is 0.00537. The van der Waals surface area contributed by atoms with Crippen LogP contribution in [0.1, 0.15) is 126 Å². The molecule has 16 heteroatoms. The number of piperidine rings is 1. The molecule has 1 aliphatic carbocycles. The number of methoxy groups -OCH3 is 3. The Kier molecular flexibility index (Phi) is 23.9. The second-order valence-electron chi connectivity index (χ2n) is 24.0. The smallest absolute Gasteiger partial charge is 0.329 e. The summed E-state index contributed by atoms with van der Waals surface area (Å²) in [6.45, 7) is 26.1. The number of ketones is 3. The highest BCUT2D eigenvalue weighted by atomic mass is 28.4. The number of hydrogen-bond donors (Lipinski definition) is 1. The molecular formula is C57H95NO13Si2. The van der Waals surface area contributed by atoms with Crippen molar-refractivity contribution in [3.05, 3.63) is 47.6 Å². The largest absolute Gasteiger partial charge is 0.460 e. The van der Waals surface area contributed by atoms with Crippen LogP contribution in [0.4, 0.5) is 0 Å². The van der Waals surface area contributed by atoms with Gasteiger partial charge in [0.2, 0.25) is 5.79 Å². The number of rotatable bonds is 10. The lowest BCUT2D eigenvalue weighted by atomic mass is 9.78. The molecule has 3 fully saturated rings. The van der Waals surface area contributed by atoms with Crippen molar-refractivity contribution in [3.8, 4) is 0 Å². The van der Waals surface area contributed by atoms with Gasteiger partial charge in [-0.05, 0) is 146 Å². The highest BCUT2D eigenvalue weighted by Gasteiger charge is 2.53. The van der Waals surface area contributed by atoms with E-state index in [9.17, 15) is 29.1 Å². The van der Waals surface area contributed by atoms with E-state index in [1.54, 1.807) is 21.1 Å². The third kappa shape index (κ3) is 18.1. The number of ether oxygens (including phenoxy) is 5. The molecule has 0 aromatic carbocycles. The fourth-order valence-electron chi connectivity index (χ4n) is 11.2. The van der Waals surface area contributed by atoms with Crippen molar-refractivity contribution >= 4 is 45.9 Å². The molecule has 0 radical (unpaired) electrons. The molecule has 0 aromatic rings. The molecule has 2 bridgehead atoms. The quantitative estimate of drug-likeness (QED) is 0.0949. The van der Waals surface area contributed by atoms with Crippen LogP contribution >= 0.6 is 0 Å². The number of Topliss-reactive ketones (excluding diaryl/α,β-unsaturated/α-hetero) is 3. The third-order valence-corrected chi connectivity index (χ3v) is 17.4. The Labute approximate surface area is 441 Å². The molecule has 1 amide bonds. The molecule has 15 atom stereocenters. The van der Waals surface area contributed by atoms with Crippen molar-refractivity contribution in [3.63, 3.8) is 0 Å². The van der Waals surface area contributed by atoms with E-state index in [2.05, 4.69) is 52.3 Å². The molecule has 0 spiro atoms. The minimum atomic E-state index is -2.42. The standard InChI is InChI=1S/C57H95NO13Si2/c1-36-22-18-17-19-23-37(2)48(65-8)34-44-27-25-42(7)57(64,69-44)54(61)55(62)58-29-21-20-24-45(58)56(63)68-49(39(4)32-43-26-28-47(50(33-43)66-9)70-72(11,12)13)35-46(59)38(3)31-41(6)52(71-73(14,15)16)53(67-10)51(60)40(5)30-36/h17-19,22-23,31,36,38-40,42-45,47-50,52-53,64H,20-21,24-30,32-35H2,1-16H3/b19-17+,22-18+,37-23+,41-31+/t36?,38?,39?,40?,42?,43?,44?,45-,47?,48?,49?,50?,52?,53?,57?/m0/s1. The Hall–Kier alpha value is -2.94. The predicted octanol–water partition coefficient (Wildman–Crippen LogP) is 9.90. The first-order valence-electron chi connectivity index (χ1n) is 27.3. The lowest BCUT2D eigenvalue weighted by Crippen LogP contribution is -2.61. The van der Waals surface area contributed by atoms with Crippen LogP contribution in [-0.2, 0) is 56.5 Å². The van der Waals surface area contributed by atoms with Gasteiger partial charge in [-0.2, -0.15) is 0 Å². The summed E-state index contributed by atoms with van der Waals surface area (Å²) in [6, 6.07) is -1.11. The van der Waals surface area contributed by atoms with Gasteiger partial charge in [-0.3, -0.25) is 19.2 Å². The van der Waals surface area contributed by atoms with Gasteiger partial charge in [-0.1, -0.05) is 71.1 Å². The number of carbonyl (C=O) groups excluding carboxylic acids is 5. The fraction of sp³-hybridized carbons (Fsp3) is 0.772. The van der Waals surface area contributed by atoms with Crippen molar-refractivity contribution in [2.24, 2.45) is 35.5 Å². The van der Waals surface area contributed by atoms with E-state index in [0.717, 1.165) is 24.8 Å². The van der Waals surface area contributed by atoms with Crippen molar-refractivity contribution in [2.45, 2.75) is 219 Å². The van der Waals surface area contributed by atoms with Crippen molar-refractivity contribution in [1.82, 2.24) is 4.90 Å². The summed E-state index contributed by atoms with van der Waals surface area (Å²) in [5.41, 5.74) is 1.60. The first kappa shape index (κ1) is 62.6. The Morgan fingerprint density at radius 3 is 2.08 bits per heavy atom. The average molecular weight is 1060 g/mol. The molecule has 1 saturated carbocycles. The summed E-state index contributed by atoms with van der Waals surface area (Å²) >= 11 is 0. The van der Waals surface area contributed by atoms with Crippen LogP contribution in [0.5, 0.6) is 0 Å². The van der Waals surface area contributed by atoms with Gasteiger partial charge >= 0.3 is 5.97 Å². The third-order valence-electron chi connectivity index (χ3n) is 15.4. The minimum Gasteiger partial charge on any atom is -0.460 e. The molecule has 2 saturated heterocycles. The van der Waals surface area contributed by atoms with Crippen LogP contribution in [0.3, 0.4) is 0 Å². The molecule has 0 aromatic heterocycles. The zero-order valence-corrected chi connectivity index (χ0v) is 49.5. The van der Waals surface area contributed by atoms with Gasteiger partial charge in [0.15, 0.2) is 22.4 Å². The van der Waals surface area contributed by atoms with E-state index in [-0.39, 0.29) is 66.8 Å². The number of nitrogens with zero attached hydrogens (tertiary/aromatic N) is 1. The van der Waals surface area contributed by atoms with Gasteiger partial charge in [-0.15, -0.1) is 0 Å². The number of aliphatic hydroxyl groups is 1.